The van der Waals surface area contributed by atoms with Crippen molar-refractivity contribution in [3.05, 3.63) is 188 Å². The maximum Gasteiger partial charge on any atom is 0.143 e. The second kappa shape index (κ2) is 11.7. The number of anilines is 3. The number of benzene rings is 9. The Morgan fingerprint density at radius 1 is 0.340 bits per heavy atom. The van der Waals surface area contributed by atoms with Crippen molar-refractivity contribution in [1.29, 1.82) is 0 Å². The molecule has 0 aliphatic rings. The molecule has 0 radical (unpaired) electrons. The summed E-state index contributed by atoms with van der Waals surface area (Å²) < 4.78 is 12.9. The van der Waals surface area contributed by atoms with Gasteiger partial charge in [0.25, 0.3) is 0 Å². The van der Waals surface area contributed by atoms with Crippen LogP contribution in [0.1, 0.15) is 0 Å². The van der Waals surface area contributed by atoms with E-state index in [4.69, 9.17) is 8.83 Å². The van der Waals surface area contributed by atoms with E-state index in [1.54, 1.807) is 0 Å². The molecule has 9 aromatic carbocycles. The van der Waals surface area contributed by atoms with E-state index in [0.717, 1.165) is 77.5 Å². The second-order valence-corrected chi connectivity index (χ2v) is 13.6. The molecule has 2 heterocycles. The average molecular weight is 678 g/mol. The minimum absolute atomic E-state index is 0.872. The highest BCUT2D eigenvalue weighted by Crippen LogP contribution is 2.46. The molecule has 0 saturated heterocycles. The van der Waals surface area contributed by atoms with Gasteiger partial charge >= 0.3 is 0 Å². The van der Waals surface area contributed by atoms with Crippen molar-refractivity contribution in [2.75, 3.05) is 4.90 Å². The molecule has 0 unspecified atom stereocenters. The Morgan fingerprint density at radius 3 is 1.85 bits per heavy atom. The fraction of sp³-hybridized carbons (Fsp3) is 0. The number of para-hydroxylation sites is 2. The molecule has 0 spiro atoms. The van der Waals surface area contributed by atoms with Crippen LogP contribution >= 0.6 is 0 Å². The lowest BCUT2D eigenvalue weighted by molar-refractivity contribution is 0.669. The van der Waals surface area contributed by atoms with Gasteiger partial charge in [-0.05, 0) is 87.4 Å². The summed E-state index contributed by atoms with van der Waals surface area (Å²) in [4.78, 5) is 2.37. The van der Waals surface area contributed by atoms with Gasteiger partial charge < -0.3 is 13.7 Å². The van der Waals surface area contributed by atoms with Crippen LogP contribution in [0.25, 0.3) is 87.7 Å². The zero-order valence-electron chi connectivity index (χ0n) is 28.7. The molecular formula is C50H31NO2. The third-order valence-corrected chi connectivity index (χ3v) is 10.7. The summed E-state index contributed by atoms with van der Waals surface area (Å²) in [5.41, 5.74) is 11.4. The van der Waals surface area contributed by atoms with E-state index in [2.05, 4.69) is 181 Å². The van der Waals surface area contributed by atoms with Crippen molar-refractivity contribution in [2.24, 2.45) is 0 Å². The van der Waals surface area contributed by atoms with Crippen molar-refractivity contribution < 1.29 is 8.83 Å². The molecule has 0 saturated carbocycles. The third-order valence-electron chi connectivity index (χ3n) is 10.7. The Bertz CT molecular complexity index is 3180. The molecule has 2 aromatic heterocycles. The third kappa shape index (κ3) is 4.68. The number of fused-ring (bicyclic) bond motifs is 9. The van der Waals surface area contributed by atoms with Gasteiger partial charge in [0.1, 0.15) is 22.3 Å². The molecule has 0 bridgehead atoms. The molecule has 0 aliphatic carbocycles. The molecule has 0 N–H and O–H groups in total. The van der Waals surface area contributed by atoms with Gasteiger partial charge in [0, 0.05) is 43.9 Å². The molecule has 3 heteroatoms. The van der Waals surface area contributed by atoms with E-state index < -0.39 is 0 Å². The van der Waals surface area contributed by atoms with Crippen molar-refractivity contribution >= 4 is 82.5 Å². The van der Waals surface area contributed by atoms with Gasteiger partial charge in [-0.1, -0.05) is 133 Å². The topological polar surface area (TPSA) is 29.5 Å². The summed E-state index contributed by atoms with van der Waals surface area (Å²) in [6, 6.07) is 66.8. The maximum absolute atomic E-state index is 6.64. The highest BCUT2D eigenvalue weighted by atomic mass is 16.3. The van der Waals surface area contributed by atoms with Crippen LogP contribution in [0.3, 0.4) is 0 Å². The first-order chi connectivity index (χ1) is 26.3. The lowest BCUT2D eigenvalue weighted by Crippen LogP contribution is -2.11. The highest BCUT2D eigenvalue weighted by Gasteiger charge is 2.22. The van der Waals surface area contributed by atoms with Crippen molar-refractivity contribution in [1.82, 2.24) is 0 Å². The van der Waals surface area contributed by atoms with Crippen molar-refractivity contribution in [2.45, 2.75) is 0 Å². The lowest BCUT2D eigenvalue weighted by atomic mass is 9.95. The van der Waals surface area contributed by atoms with E-state index in [1.807, 2.05) is 12.1 Å². The minimum Gasteiger partial charge on any atom is -0.456 e. The standard InChI is InChI=1S/C50H31NO2/c1-3-14-37-32(11-1)13-9-18-38(37)34-23-26-35(27-24-34)51(36-28-30-47-44(31-36)41-17-6-8-21-46(41)52-47)45-20-7-5-16-40(45)42-19-10-22-48-49(42)43-29-25-33-12-2-4-15-39(33)50(43)53-48/h1-31H. The summed E-state index contributed by atoms with van der Waals surface area (Å²) in [6.45, 7) is 0. The molecule has 11 aromatic rings. The van der Waals surface area contributed by atoms with E-state index in [9.17, 15) is 0 Å². The molecule has 0 aliphatic heterocycles. The number of nitrogens with zero attached hydrogens (tertiary/aromatic N) is 1. The molecule has 248 valence electrons. The van der Waals surface area contributed by atoms with Crippen LogP contribution in [0.2, 0.25) is 0 Å². The summed E-state index contributed by atoms with van der Waals surface area (Å²) in [7, 11) is 0. The summed E-state index contributed by atoms with van der Waals surface area (Å²) in [5, 5.41) is 9.18. The lowest BCUT2D eigenvalue weighted by Gasteiger charge is -2.28. The van der Waals surface area contributed by atoms with E-state index in [-0.39, 0.29) is 0 Å². The van der Waals surface area contributed by atoms with Crippen LogP contribution in [0.15, 0.2) is 197 Å². The molecule has 0 atom stereocenters. The Labute approximate surface area is 305 Å². The average Bonchev–Trinajstić information content (AvgIpc) is 3.80. The first kappa shape index (κ1) is 29.6. The molecule has 11 rings (SSSR count). The molecule has 0 amide bonds. The number of furan rings is 2. The van der Waals surface area contributed by atoms with Gasteiger partial charge in [-0.15, -0.1) is 0 Å². The van der Waals surface area contributed by atoms with Crippen LogP contribution in [0, 0.1) is 0 Å². The maximum atomic E-state index is 6.64. The monoisotopic (exact) mass is 677 g/mol. The van der Waals surface area contributed by atoms with Gasteiger partial charge in [-0.3, -0.25) is 0 Å². The van der Waals surface area contributed by atoms with Gasteiger partial charge in [0.15, 0.2) is 0 Å². The van der Waals surface area contributed by atoms with Crippen LogP contribution in [-0.2, 0) is 0 Å². The highest BCUT2D eigenvalue weighted by molar-refractivity contribution is 6.20. The van der Waals surface area contributed by atoms with Crippen molar-refractivity contribution in [3.63, 3.8) is 0 Å². The molecule has 0 fully saturated rings. The molecule has 3 nitrogen and oxygen atoms in total. The van der Waals surface area contributed by atoms with Crippen LogP contribution in [0.5, 0.6) is 0 Å². The zero-order valence-corrected chi connectivity index (χ0v) is 28.7. The second-order valence-electron chi connectivity index (χ2n) is 13.6. The Hall–Kier alpha value is -7.10. The summed E-state index contributed by atoms with van der Waals surface area (Å²) in [6.07, 6.45) is 0. The predicted molar refractivity (Wildman–Crippen MR) is 222 cm³/mol. The van der Waals surface area contributed by atoms with Crippen LogP contribution in [-0.4, -0.2) is 0 Å². The zero-order chi connectivity index (χ0) is 34.9. The normalized spacial score (nSPS) is 11.8. The minimum atomic E-state index is 0.872. The van der Waals surface area contributed by atoms with Crippen LogP contribution in [0.4, 0.5) is 17.1 Å². The van der Waals surface area contributed by atoms with Gasteiger partial charge in [0.05, 0.1) is 5.69 Å². The van der Waals surface area contributed by atoms with Gasteiger partial charge in [0.2, 0.25) is 0 Å². The Morgan fingerprint density at radius 2 is 0.962 bits per heavy atom. The van der Waals surface area contributed by atoms with Gasteiger partial charge in [-0.25, -0.2) is 0 Å². The fourth-order valence-corrected chi connectivity index (χ4v) is 8.22. The summed E-state index contributed by atoms with van der Waals surface area (Å²) in [5.74, 6) is 0. The predicted octanol–water partition coefficient (Wildman–Crippen LogP) is 14.6. The van der Waals surface area contributed by atoms with E-state index in [1.165, 1.54) is 27.3 Å². The first-order valence-corrected chi connectivity index (χ1v) is 18.0. The van der Waals surface area contributed by atoms with Crippen LogP contribution < -0.4 is 4.90 Å². The van der Waals surface area contributed by atoms with Gasteiger partial charge in [-0.2, -0.15) is 0 Å². The SMILES string of the molecule is c1ccc(N(c2ccc(-c3cccc4ccccc34)cc2)c2ccc3oc4ccccc4c3c2)c(-c2cccc3oc4c5ccccc5ccc4c23)c1. The Balaban J connectivity index is 1.14. The quantitative estimate of drug-likeness (QED) is 0.182. The number of hydrogen-bond donors (Lipinski definition) is 0. The summed E-state index contributed by atoms with van der Waals surface area (Å²) >= 11 is 0. The molecular weight excluding hydrogens is 647 g/mol. The Kier molecular flexibility index (Phi) is 6.55. The number of hydrogen-bond acceptors (Lipinski definition) is 3. The van der Waals surface area contributed by atoms with E-state index in [0.29, 0.717) is 0 Å². The smallest absolute Gasteiger partial charge is 0.143 e. The molecule has 53 heavy (non-hydrogen) atoms. The largest absolute Gasteiger partial charge is 0.456 e. The van der Waals surface area contributed by atoms with Crippen molar-refractivity contribution in [3.8, 4) is 22.3 Å². The fourth-order valence-electron chi connectivity index (χ4n) is 8.22. The number of rotatable bonds is 5. The first-order valence-electron chi connectivity index (χ1n) is 18.0. The van der Waals surface area contributed by atoms with E-state index >= 15 is 0 Å².